The molecule has 1 saturated heterocycles. The van der Waals surface area contributed by atoms with Crippen LogP contribution in [0.15, 0.2) is 24.3 Å². The number of rotatable bonds is 1. The van der Waals surface area contributed by atoms with E-state index in [1.807, 2.05) is 6.07 Å². The number of hydrogen-bond donors (Lipinski definition) is 1. The summed E-state index contributed by atoms with van der Waals surface area (Å²) in [5, 5.41) is 10.6. The maximum absolute atomic E-state index is 10.6. The number of hydrogen-bond acceptors (Lipinski definition) is 2. The lowest BCUT2D eigenvalue weighted by atomic mass is 9.83. The molecule has 0 aromatic heterocycles. The summed E-state index contributed by atoms with van der Waals surface area (Å²) in [4.78, 5) is 2.55. The third-order valence-corrected chi connectivity index (χ3v) is 4.73. The molecule has 0 amide bonds. The Hall–Kier alpha value is -0.860. The lowest BCUT2D eigenvalue weighted by Crippen LogP contribution is -2.49. The number of aliphatic hydroxyl groups is 1. The van der Waals surface area contributed by atoms with Crippen molar-refractivity contribution < 1.29 is 5.11 Å². The predicted octanol–water partition coefficient (Wildman–Crippen LogP) is 2.91. The van der Waals surface area contributed by atoms with Crippen molar-refractivity contribution in [3.05, 3.63) is 35.4 Å². The number of nitrogens with zero attached hydrogens (tertiary/aromatic N) is 1. The van der Waals surface area contributed by atoms with Crippen molar-refractivity contribution in [2.24, 2.45) is 0 Å². The first kappa shape index (κ1) is 12.2. The first-order valence-electron chi connectivity index (χ1n) is 7.29. The summed E-state index contributed by atoms with van der Waals surface area (Å²) in [7, 11) is 0. The summed E-state index contributed by atoms with van der Waals surface area (Å²) in [5.74, 6) is 0. The molecule has 1 aromatic carbocycles. The quantitative estimate of drug-likeness (QED) is 0.822. The van der Waals surface area contributed by atoms with Crippen LogP contribution in [0.5, 0.6) is 0 Å². The van der Waals surface area contributed by atoms with Crippen molar-refractivity contribution >= 4 is 0 Å². The average Bonchev–Trinajstić information content (AvgIpc) is 2.41. The zero-order valence-corrected chi connectivity index (χ0v) is 11.2. The van der Waals surface area contributed by atoms with Crippen LogP contribution in [-0.2, 0) is 6.42 Å². The monoisotopic (exact) mass is 245 g/mol. The van der Waals surface area contributed by atoms with Gasteiger partial charge >= 0.3 is 0 Å². The zero-order valence-electron chi connectivity index (χ0n) is 11.2. The van der Waals surface area contributed by atoms with Gasteiger partial charge in [-0.1, -0.05) is 30.7 Å². The average molecular weight is 245 g/mol. The van der Waals surface area contributed by atoms with Crippen LogP contribution in [0.1, 0.15) is 49.8 Å². The molecule has 3 atom stereocenters. The van der Waals surface area contributed by atoms with Crippen LogP contribution in [0, 0.1) is 0 Å². The standard InChI is InChI=1S/C16H23NO/c1-12-6-4-5-11-17(12)15-10-9-13-7-2-3-8-14(13)16(15)18/h2-3,7-8,12,15-16,18H,4-6,9-11H2,1H3. The van der Waals surface area contributed by atoms with E-state index in [1.165, 1.54) is 24.8 Å². The highest BCUT2D eigenvalue weighted by Crippen LogP contribution is 2.35. The molecule has 2 aliphatic rings. The number of likely N-dealkylation sites (tertiary alicyclic amines) is 1. The molecule has 0 spiro atoms. The van der Waals surface area contributed by atoms with Crippen LogP contribution in [0.3, 0.4) is 0 Å². The molecule has 1 aliphatic heterocycles. The van der Waals surface area contributed by atoms with Crippen molar-refractivity contribution in [2.45, 2.75) is 57.2 Å². The fourth-order valence-corrected chi connectivity index (χ4v) is 3.68. The van der Waals surface area contributed by atoms with Crippen molar-refractivity contribution in [1.29, 1.82) is 0 Å². The number of piperidine rings is 1. The normalized spacial score (nSPS) is 33.1. The van der Waals surface area contributed by atoms with Gasteiger partial charge in [0.1, 0.15) is 0 Å². The van der Waals surface area contributed by atoms with E-state index in [4.69, 9.17) is 0 Å². The van der Waals surface area contributed by atoms with Gasteiger partial charge in [-0.2, -0.15) is 0 Å². The summed E-state index contributed by atoms with van der Waals surface area (Å²) in [6, 6.07) is 9.34. The van der Waals surface area contributed by atoms with E-state index in [2.05, 4.69) is 30.0 Å². The van der Waals surface area contributed by atoms with Crippen LogP contribution in [0.2, 0.25) is 0 Å². The Kier molecular flexibility index (Phi) is 3.40. The van der Waals surface area contributed by atoms with E-state index in [0.29, 0.717) is 12.1 Å². The van der Waals surface area contributed by atoms with E-state index in [-0.39, 0.29) is 6.10 Å². The van der Waals surface area contributed by atoms with Crippen LogP contribution in [0.4, 0.5) is 0 Å². The van der Waals surface area contributed by atoms with Crippen molar-refractivity contribution in [1.82, 2.24) is 4.90 Å². The van der Waals surface area contributed by atoms with Crippen molar-refractivity contribution in [3.8, 4) is 0 Å². The molecule has 1 heterocycles. The molecule has 1 aromatic rings. The first-order chi connectivity index (χ1) is 8.77. The van der Waals surface area contributed by atoms with E-state index >= 15 is 0 Å². The van der Waals surface area contributed by atoms with Gasteiger partial charge in [-0.3, -0.25) is 4.90 Å². The molecule has 0 bridgehead atoms. The molecular weight excluding hydrogens is 222 g/mol. The Morgan fingerprint density at radius 2 is 2.00 bits per heavy atom. The van der Waals surface area contributed by atoms with Crippen LogP contribution < -0.4 is 0 Å². The topological polar surface area (TPSA) is 23.5 Å². The number of aliphatic hydroxyl groups excluding tert-OH is 1. The molecule has 0 radical (unpaired) electrons. The number of aryl methyl sites for hydroxylation is 1. The number of fused-ring (bicyclic) bond motifs is 1. The Morgan fingerprint density at radius 1 is 1.17 bits per heavy atom. The molecule has 1 fully saturated rings. The van der Waals surface area contributed by atoms with Gasteiger partial charge < -0.3 is 5.11 Å². The molecule has 2 heteroatoms. The minimum Gasteiger partial charge on any atom is -0.387 e. The highest BCUT2D eigenvalue weighted by Gasteiger charge is 2.34. The van der Waals surface area contributed by atoms with E-state index in [9.17, 15) is 5.11 Å². The van der Waals surface area contributed by atoms with Crippen molar-refractivity contribution in [3.63, 3.8) is 0 Å². The third-order valence-electron chi connectivity index (χ3n) is 4.73. The SMILES string of the molecule is CC1CCCCN1C1CCc2ccccc2C1O. The molecule has 18 heavy (non-hydrogen) atoms. The van der Waals surface area contributed by atoms with Gasteiger partial charge in [-0.25, -0.2) is 0 Å². The van der Waals surface area contributed by atoms with Gasteiger partial charge in [-0.15, -0.1) is 0 Å². The largest absolute Gasteiger partial charge is 0.387 e. The van der Waals surface area contributed by atoms with Gasteiger partial charge in [0, 0.05) is 12.1 Å². The first-order valence-corrected chi connectivity index (χ1v) is 7.29. The lowest BCUT2D eigenvalue weighted by Gasteiger charge is -2.44. The molecule has 98 valence electrons. The summed E-state index contributed by atoms with van der Waals surface area (Å²) in [6.07, 6.45) is 5.83. The van der Waals surface area contributed by atoms with E-state index in [0.717, 1.165) is 24.9 Å². The maximum atomic E-state index is 10.6. The fraction of sp³-hybridized carbons (Fsp3) is 0.625. The molecule has 2 nitrogen and oxygen atoms in total. The lowest BCUT2D eigenvalue weighted by molar-refractivity contribution is 0.00162. The minimum absolute atomic E-state index is 0.296. The molecule has 0 saturated carbocycles. The summed E-state index contributed by atoms with van der Waals surface area (Å²) >= 11 is 0. The van der Waals surface area contributed by atoms with Gasteiger partial charge in [0.05, 0.1) is 6.10 Å². The second-order valence-electron chi connectivity index (χ2n) is 5.83. The molecule has 1 aliphatic carbocycles. The van der Waals surface area contributed by atoms with Crippen LogP contribution >= 0.6 is 0 Å². The molecule has 3 unspecified atom stereocenters. The minimum atomic E-state index is -0.296. The maximum Gasteiger partial charge on any atom is 0.0948 e. The second-order valence-corrected chi connectivity index (χ2v) is 5.83. The Bertz CT molecular complexity index is 417. The van der Waals surface area contributed by atoms with Gasteiger partial charge in [0.25, 0.3) is 0 Å². The van der Waals surface area contributed by atoms with Crippen LogP contribution in [0.25, 0.3) is 0 Å². The van der Waals surface area contributed by atoms with Gasteiger partial charge in [-0.05, 0) is 50.3 Å². The van der Waals surface area contributed by atoms with Crippen LogP contribution in [-0.4, -0.2) is 28.6 Å². The summed E-state index contributed by atoms with van der Waals surface area (Å²) < 4.78 is 0. The summed E-state index contributed by atoms with van der Waals surface area (Å²) in [5.41, 5.74) is 2.50. The predicted molar refractivity (Wildman–Crippen MR) is 73.5 cm³/mol. The van der Waals surface area contributed by atoms with Gasteiger partial charge in [0.2, 0.25) is 0 Å². The van der Waals surface area contributed by atoms with Gasteiger partial charge in [0.15, 0.2) is 0 Å². The Labute approximate surface area is 110 Å². The zero-order chi connectivity index (χ0) is 12.5. The Balaban J connectivity index is 1.83. The highest BCUT2D eigenvalue weighted by atomic mass is 16.3. The highest BCUT2D eigenvalue weighted by molar-refractivity contribution is 5.32. The Morgan fingerprint density at radius 3 is 2.83 bits per heavy atom. The fourth-order valence-electron chi connectivity index (χ4n) is 3.68. The smallest absolute Gasteiger partial charge is 0.0948 e. The van der Waals surface area contributed by atoms with E-state index in [1.54, 1.807) is 0 Å². The molecule has 1 N–H and O–H groups in total. The van der Waals surface area contributed by atoms with Crippen molar-refractivity contribution in [2.75, 3.05) is 6.54 Å². The summed E-state index contributed by atoms with van der Waals surface area (Å²) in [6.45, 7) is 3.47. The van der Waals surface area contributed by atoms with E-state index < -0.39 is 0 Å². The second kappa shape index (κ2) is 5.02. The third kappa shape index (κ3) is 2.08. The number of benzene rings is 1. The molecule has 3 rings (SSSR count). The molecular formula is C16H23NO.